The Morgan fingerprint density at radius 1 is 1.33 bits per heavy atom. The normalized spacial score (nSPS) is 18.6. The Bertz CT molecular complexity index is 583. The molecule has 1 saturated carbocycles. The highest BCUT2D eigenvalue weighted by molar-refractivity contribution is 7.89. The van der Waals surface area contributed by atoms with Gasteiger partial charge in [0.05, 0.1) is 5.69 Å². The maximum atomic E-state index is 13.1. The highest BCUT2D eigenvalue weighted by atomic mass is 32.2. The number of halogens is 1. The predicted octanol–water partition coefficient (Wildman–Crippen LogP) is 3.05. The Morgan fingerprint density at radius 2 is 2.00 bits per heavy atom. The Hall–Kier alpha value is -1.14. The molecule has 0 aromatic heterocycles. The molecule has 0 bridgehead atoms. The van der Waals surface area contributed by atoms with Crippen LogP contribution in [0.2, 0.25) is 0 Å². The van der Waals surface area contributed by atoms with E-state index in [4.69, 9.17) is 5.73 Å². The van der Waals surface area contributed by atoms with E-state index >= 15 is 0 Å². The number of nitrogens with two attached hydrogens (primary N) is 1. The first-order valence-corrected chi connectivity index (χ1v) is 8.99. The number of nitrogen functional groups attached to an aromatic ring is 1. The predicted molar refractivity (Wildman–Crippen MR) is 81.8 cm³/mol. The number of anilines is 1. The summed E-state index contributed by atoms with van der Waals surface area (Å²) in [6.45, 7) is 1.98. The van der Waals surface area contributed by atoms with Crippen LogP contribution in [0.4, 0.5) is 10.1 Å². The van der Waals surface area contributed by atoms with Gasteiger partial charge >= 0.3 is 0 Å². The van der Waals surface area contributed by atoms with E-state index in [2.05, 4.69) is 4.72 Å². The molecule has 0 radical (unpaired) electrons. The summed E-state index contributed by atoms with van der Waals surface area (Å²) in [5.41, 5.74) is 5.59. The molecule has 1 aliphatic rings. The van der Waals surface area contributed by atoms with E-state index in [-0.39, 0.29) is 16.6 Å². The molecule has 0 saturated heterocycles. The van der Waals surface area contributed by atoms with Crippen LogP contribution in [-0.2, 0) is 10.0 Å². The van der Waals surface area contributed by atoms with Crippen LogP contribution in [0.1, 0.15) is 45.4 Å². The van der Waals surface area contributed by atoms with Gasteiger partial charge in [0.1, 0.15) is 10.7 Å². The molecule has 118 valence electrons. The molecule has 1 unspecified atom stereocenters. The zero-order valence-electron chi connectivity index (χ0n) is 12.3. The Kier molecular flexibility index (Phi) is 5.22. The van der Waals surface area contributed by atoms with Crippen LogP contribution in [0.25, 0.3) is 0 Å². The Labute approximate surface area is 126 Å². The van der Waals surface area contributed by atoms with Crippen LogP contribution in [0.3, 0.4) is 0 Å². The Balaban J connectivity index is 2.18. The molecule has 1 aromatic rings. The summed E-state index contributed by atoms with van der Waals surface area (Å²) in [5.74, 6) is -0.161. The molecule has 0 amide bonds. The summed E-state index contributed by atoms with van der Waals surface area (Å²) >= 11 is 0. The minimum absolute atomic E-state index is 0.0434. The first-order valence-electron chi connectivity index (χ1n) is 7.51. The topological polar surface area (TPSA) is 72.2 Å². The number of hydrogen-bond donors (Lipinski definition) is 2. The SMILES string of the molecule is CCC(NS(=O)(=O)c1ccc(F)cc1N)C1CCCCC1. The molecule has 1 aliphatic carbocycles. The number of benzene rings is 1. The number of rotatable bonds is 5. The lowest BCUT2D eigenvalue weighted by atomic mass is 9.83. The number of nitrogens with one attached hydrogen (secondary N) is 1. The van der Waals surface area contributed by atoms with Gasteiger partial charge in [-0.1, -0.05) is 26.2 Å². The van der Waals surface area contributed by atoms with Gasteiger partial charge in [0, 0.05) is 6.04 Å². The van der Waals surface area contributed by atoms with Crippen LogP contribution in [0.15, 0.2) is 23.1 Å². The minimum atomic E-state index is -3.71. The van der Waals surface area contributed by atoms with Crippen molar-refractivity contribution in [1.82, 2.24) is 4.72 Å². The first kappa shape index (κ1) is 16.2. The van der Waals surface area contributed by atoms with E-state index < -0.39 is 15.8 Å². The Morgan fingerprint density at radius 3 is 2.57 bits per heavy atom. The van der Waals surface area contributed by atoms with Crippen molar-refractivity contribution in [2.45, 2.75) is 56.4 Å². The van der Waals surface area contributed by atoms with Gasteiger partial charge in [-0.05, 0) is 43.4 Å². The van der Waals surface area contributed by atoms with Crippen molar-refractivity contribution in [2.24, 2.45) is 5.92 Å². The molecule has 0 spiro atoms. The summed E-state index contributed by atoms with van der Waals surface area (Å²) in [5, 5.41) is 0. The fraction of sp³-hybridized carbons (Fsp3) is 0.600. The zero-order valence-corrected chi connectivity index (χ0v) is 13.1. The molecule has 1 aromatic carbocycles. The van der Waals surface area contributed by atoms with Crippen molar-refractivity contribution >= 4 is 15.7 Å². The van der Waals surface area contributed by atoms with Gasteiger partial charge in [-0.25, -0.2) is 17.5 Å². The molecule has 6 heteroatoms. The molecule has 21 heavy (non-hydrogen) atoms. The minimum Gasteiger partial charge on any atom is -0.398 e. The van der Waals surface area contributed by atoms with Gasteiger partial charge < -0.3 is 5.73 Å². The third-order valence-electron chi connectivity index (χ3n) is 4.23. The van der Waals surface area contributed by atoms with Gasteiger partial charge in [0.25, 0.3) is 0 Å². The largest absolute Gasteiger partial charge is 0.398 e. The van der Waals surface area contributed by atoms with E-state index in [9.17, 15) is 12.8 Å². The van der Waals surface area contributed by atoms with Gasteiger partial charge in [0.2, 0.25) is 10.0 Å². The lowest BCUT2D eigenvalue weighted by Crippen LogP contribution is -2.40. The smallest absolute Gasteiger partial charge is 0.242 e. The van der Waals surface area contributed by atoms with Crippen molar-refractivity contribution in [3.05, 3.63) is 24.0 Å². The molecule has 1 fully saturated rings. The molecule has 1 atom stereocenters. The van der Waals surface area contributed by atoms with Crippen LogP contribution >= 0.6 is 0 Å². The monoisotopic (exact) mass is 314 g/mol. The summed E-state index contributed by atoms with van der Waals surface area (Å²) in [6.07, 6.45) is 6.39. The lowest BCUT2D eigenvalue weighted by molar-refractivity contribution is 0.285. The fourth-order valence-electron chi connectivity index (χ4n) is 3.08. The van der Waals surface area contributed by atoms with Crippen molar-refractivity contribution in [2.75, 3.05) is 5.73 Å². The van der Waals surface area contributed by atoms with Crippen molar-refractivity contribution in [3.63, 3.8) is 0 Å². The quantitative estimate of drug-likeness (QED) is 0.821. The molecule has 3 N–H and O–H groups in total. The van der Waals surface area contributed by atoms with Crippen LogP contribution in [0.5, 0.6) is 0 Å². The molecule has 0 aliphatic heterocycles. The van der Waals surface area contributed by atoms with Gasteiger partial charge in [-0.2, -0.15) is 0 Å². The summed E-state index contributed by atoms with van der Waals surface area (Å²) in [4.78, 5) is -0.0434. The van der Waals surface area contributed by atoms with E-state index in [0.29, 0.717) is 5.92 Å². The molecular weight excluding hydrogens is 291 g/mol. The summed E-state index contributed by atoms with van der Waals surface area (Å²) in [6, 6.07) is 3.29. The second-order valence-electron chi connectivity index (χ2n) is 5.72. The van der Waals surface area contributed by atoms with E-state index in [1.807, 2.05) is 6.92 Å². The van der Waals surface area contributed by atoms with E-state index in [0.717, 1.165) is 44.2 Å². The highest BCUT2D eigenvalue weighted by Crippen LogP contribution is 2.29. The van der Waals surface area contributed by atoms with Crippen LogP contribution in [0, 0.1) is 11.7 Å². The van der Waals surface area contributed by atoms with E-state index in [1.54, 1.807) is 0 Å². The molecule has 2 rings (SSSR count). The van der Waals surface area contributed by atoms with Gasteiger partial charge in [-0.3, -0.25) is 0 Å². The fourth-order valence-corrected chi connectivity index (χ4v) is 4.58. The van der Waals surface area contributed by atoms with Crippen molar-refractivity contribution in [1.29, 1.82) is 0 Å². The molecule has 0 heterocycles. The number of hydrogen-bond acceptors (Lipinski definition) is 3. The lowest BCUT2D eigenvalue weighted by Gasteiger charge is -2.30. The van der Waals surface area contributed by atoms with Crippen LogP contribution < -0.4 is 10.5 Å². The van der Waals surface area contributed by atoms with Crippen LogP contribution in [-0.4, -0.2) is 14.5 Å². The highest BCUT2D eigenvalue weighted by Gasteiger charge is 2.28. The average Bonchev–Trinajstić information content (AvgIpc) is 2.45. The standard InChI is InChI=1S/C15H23FN2O2S/c1-2-14(11-6-4-3-5-7-11)18-21(19,20)15-9-8-12(16)10-13(15)17/h8-11,14,18H,2-7,17H2,1H3. The maximum absolute atomic E-state index is 13.1. The average molecular weight is 314 g/mol. The second kappa shape index (κ2) is 6.75. The maximum Gasteiger partial charge on any atom is 0.242 e. The van der Waals surface area contributed by atoms with Gasteiger partial charge in [-0.15, -0.1) is 0 Å². The third kappa shape index (κ3) is 3.95. The molecule has 4 nitrogen and oxygen atoms in total. The zero-order chi connectivity index (χ0) is 15.5. The summed E-state index contributed by atoms with van der Waals surface area (Å²) in [7, 11) is -3.71. The second-order valence-corrected chi connectivity index (χ2v) is 7.40. The van der Waals surface area contributed by atoms with Crippen molar-refractivity contribution in [3.8, 4) is 0 Å². The van der Waals surface area contributed by atoms with E-state index in [1.165, 1.54) is 12.5 Å². The van der Waals surface area contributed by atoms with Gasteiger partial charge in [0.15, 0.2) is 0 Å². The first-order chi connectivity index (χ1) is 9.94. The summed E-state index contributed by atoms with van der Waals surface area (Å²) < 4.78 is 40.7. The third-order valence-corrected chi connectivity index (χ3v) is 5.79. The molecular formula is C15H23FN2O2S. The number of sulfonamides is 1. The van der Waals surface area contributed by atoms with Crippen molar-refractivity contribution < 1.29 is 12.8 Å².